The number of benzene rings is 2. The van der Waals surface area contributed by atoms with E-state index in [1.165, 1.54) is 23.5 Å². The third-order valence-corrected chi connectivity index (χ3v) is 9.45. The molecule has 0 N–H and O–H groups in total. The number of piperazine rings is 1. The van der Waals surface area contributed by atoms with E-state index in [2.05, 4.69) is 25.7 Å². The standard InChI is InChI=1S/C28H34FN3O3S2/c1-28(2,3)23-8-12-25(13-9-23)37(34,35)32-18-15-30(16-19-32)14-17-31(27(33)26-5-4-20-36-26)21-22-6-10-24(29)11-7-22/h4-13,20H,14-19,21H2,1-3H3. The molecule has 0 aliphatic carbocycles. The molecule has 9 heteroatoms. The fraction of sp³-hybridized carbons (Fsp3) is 0.393. The van der Waals surface area contributed by atoms with Gasteiger partial charge in [-0.2, -0.15) is 4.31 Å². The average Bonchev–Trinajstić information content (AvgIpc) is 3.42. The maximum Gasteiger partial charge on any atom is 0.264 e. The van der Waals surface area contributed by atoms with E-state index in [0.29, 0.717) is 55.6 Å². The monoisotopic (exact) mass is 543 g/mol. The Morgan fingerprint density at radius 2 is 1.62 bits per heavy atom. The van der Waals surface area contributed by atoms with E-state index in [0.717, 1.165) is 11.1 Å². The summed E-state index contributed by atoms with van der Waals surface area (Å²) in [7, 11) is -3.55. The SMILES string of the molecule is CC(C)(C)c1ccc(S(=O)(=O)N2CCN(CCN(Cc3ccc(F)cc3)C(=O)c3cccs3)CC2)cc1. The van der Waals surface area contributed by atoms with Crippen molar-refractivity contribution in [1.29, 1.82) is 0 Å². The van der Waals surface area contributed by atoms with Crippen LogP contribution in [-0.4, -0.2) is 67.7 Å². The van der Waals surface area contributed by atoms with E-state index in [-0.39, 0.29) is 17.1 Å². The minimum atomic E-state index is -3.55. The molecule has 0 saturated carbocycles. The summed E-state index contributed by atoms with van der Waals surface area (Å²) in [5, 5.41) is 1.87. The molecular formula is C28H34FN3O3S2. The summed E-state index contributed by atoms with van der Waals surface area (Å²) in [6.45, 7) is 9.81. The first-order valence-electron chi connectivity index (χ1n) is 12.4. The maximum absolute atomic E-state index is 13.4. The van der Waals surface area contributed by atoms with E-state index in [1.54, 1.807) is 33.5 Å². The van der Waals surface area contributed by atoms with Crippen LogP contribution in [0.1, 0.15) is 41.6 Å². The zero-order chi connectivity index (χ0) is 26.6. The van der Waals surface area contributed by atoms with E-state index < -0.39 is 10.0 Å². The molecular weight excluding hydrogens is 509 g/mol. The lowest BCUT2D eigenvalue weighted by Gasteiger charge is -2.35. The van der Waals surface area contributed by atoms with Crippen LogP contribution in [0.25, 0.3) is 0 Å². The average molecular weight is 544 g/mol. The number of amides is 1. The molecule has 1 aliphatic heterocycles. The Morgan fingerprint density at radius 3 is 2.19 bits per heavy atom. The summed E-state index contributed by atoms with van der Waals surface area (Å²) >= 11 is 1.40. The molecule has 0 unspecified atom stereocenters. The second kappa shape index (κ2) is 11.4. The summed E-state index contributed by atoms with van der Waals surface area (Å²) in [6.07, 6.45) is 0. The molecule has 6 nitrogen and oxygen atoms in total. The summed E-state index contributed by atoms with van der Waals surface area (Å²) in [6, 6.07) is 17.0. The van der Waals surface area contributed by atoms with Gasteiger partial charge in [-0.1, -0.05) is 51.1 Å². The van der Waals surface area contributed by atoms with Crippen molar-refractivity contribution in [2.24, 2.45) is 0 Å². The predicted molar refractivity (Wildman–Crippen MR) is 146 cm³/mol. The van der Waals surface area contributed by atoms with Crippen LogP contribution in [0.4, 0.5) is 4.39 Å². The predicted octanol–water partition coefficient (Wildman–Crippen LogP) is 4.83. The first-order chi connectivity index (χ1) is 17.5. The number of hydrogen-bond acceptors (Lipinski definition) is 5. The van der Waals surface area contributed by atoms with Gasteiger partial charge in [0, 0.05) is 45.8 Å². The lowest BCUT2D eigenvalue weighted by Crippen LogP contribution is -2.50. The molecule has 1 amide bonds. The fourth-order valence-corrected chi connectivity index (χ4v) is 6.46. The summed E-state index contributed by atoms with van der Waals surface area (Å²) in [5.74, 6) is -0.364. The van der Waals surface area contributed by atoms with Crippen molar-refractivity contribution in [2.45, 2.75) is 37.6 Å². The minimum absolute atomic E-state index is 0.0383. The lowest BCUT2D eigenvalue weighted by molar-refractivity contribution is 0.0715. The van der Waals surface area contributed by atoms with Crippen LogP contribution in [0, 0.1) is 5.82 Å². The van der Waals surface area contributed by atoms with Gasteiger partial charge >= 0.3 is 0 Å². The van der Waals surface area contributed by atoms with Gasteiger partial charge in [-0.05, 0) is 52.3 Å². The van der Waals surface area contributed by atoms with Gasteiger partial charge in [0.25, 0.3) is 5.91 Å². The van der Waals surface area contributed by atoms with E-state index in [9.17, 15) is 17.6 Å². The van der Waals surface area contributed by atoms with Crippen molar-refractivity contribution in [3.05, 3.63) is 87.9 Å². The molecule has 4 rings (SSSR count). The Morgan fingerprint density at radius 1 is 0.973 bits per heavy atom. The van der Waals surface area contributed by atoms with E-state index >= 15 is 0 Å². The maximum atomic E-state index is 13.4. The highest BCUT2D eigenvalue weighted by Gasteiger charge is 2.29. The number of nitrogens with zero attached hydrogens (tertiary/aromatic N) is 3. The van der Waals surface area contributed by atoms with Gasteiger partial charge in [0.1, 0.15) is 5.82 Å². The van der Waals surface area contributed by atoms with Gasteiger partial charge in [0.2, 0.25) is 10.0 Å². The van der Waals surface area contributed by atoms with Crippen LogP contribution < -0.4 is 0 Å². The molecule has 37 heavy (non-hydrogen) atoms. The topological polar surface area (TPSA) is 60.9 Å². The molecule has 0 spiro atoms. The van der Waals surface area contributed by atoms with E-state index in [1.807, 2.05) is 29.6 Å². The molecule has 1 fully saturated rings. The Balaban J connectivity index is 1.36. The highest BCUT2D eigenvalue weighted by Crippen LogP contribution is 2.25. The number of carbonyl (C=O) groups excluding carboxylic acids is 1. The molecule has 198 valence electrons. The number of sulfonamides is 1. The number of rotatable bonds is 8. The summed E-state index contributed by atoms with van der Waals surface area (Å²) < 4.78 is 41.3. The van der Waals surface area contributed by atoms with Gasteiger partial charge in [-0.25, -0.2) is 12.8 Å². The summed E-state index contributed by atoms with van der Waals surface area (Å²) in [5.41, 5.74) is 1.92. The molecule has 0 radical (unpaired) electrons. The van der Waals surface area contributed by atoms with E-state index in [4.69, 9.17) is 0 Å². The molecule has 2 aromatic carbocycles. The van der Waals surface area contributed by atoms with Crippen LogP contribution in [0.15, 0.2) is 70.9 Å². The molecule has 1 aliphatic rings. The number of carbonyl (C=O) groups is 1. The van der Waals surface area contributed by atoms with Crippen molar-refractivity contribution < 1.29 is 17.6 Å². The molecule has 1 aromatic heterocycles. The van der Waals surface area contributed by atoms with Crippen LogP contribution in [-0.2, 0) is 22.0 Å². The van der Waals surface area contributed by atoms with Crippen molar-refractivity contribution in [3.63, 3.8) is 0 Å². The Labute approximate surface area is 223 Å². The normalized spacial score (nSPS) is 15.6. The Bertz CT molecular complexity index is 1280. The molecule has 0 bridgehead atoms. The minimum Gasteiger partial charge on any atom is -0.332 e. The van der Waals surface area contributed by atoms with Gasteiger partial charge in [-0.3, -0.25) is 9.69 Å². The number of hydrogen-bond donors (Lipinski definition) is 0. The Hall–Kier alpha value is -2.59. The third kappa shape index (κ3) is 6.84. The number of thiophene rings is 1. The van der Waals surface area contributed by atoms with Gasteiger partial charge in [0.05, 0.1) is 9.77 Å². The van der Waals surface area contributed by atoms with Crippen LogP contribution >= 0.6 is 11.3 Å². The van der Waals surface area contributed by atoms with Crippen molar-refractivity contribution >= 4 is 27.3 Å². The van der Waals surface area contributed by atoms with Crippen LogP contribution in [0.2, 0.25) is 0 Å². The second-order valence-electron chi connectivity index (χ2n) is 10.4. The van der Waals surface area contributed by atoms with Crippen LogP contribution in [0.3, 0.4) is 0 Å². The largest absolute Gasteiger partial charge is 0.332 e. The molecule has 3 aromatic rings. The van der Waals surface area contributed by atoms with Gasteiger partial charge in [-0.15, -0.1) is 11.3 Å². The highest BCUT2D eigenvalue weighted by molar-refractivity contribution is 7.89. The lowest BCUT2D eigenvalue weighted by atomic mass is 9.87. The first kappa shape index (κ1) is 27.4. The fourth-order valence-electron chi connectivity index (χ4n) is 4.35. The first-order valence-corrected chi connectivity index (χ1v) is 14.8. The zero-order valence-electron chi connectivity index (χ0n) is 21.6. The molecule has 2 heterocycles. The van der Waals surface area contributed by atoms with Gasteiger partial charge < -0.3 is 4.90 Å². The zero-order valence-corrected chi connectivity index (χ0v) is 23.2. The van der Waals surface area contributed by atoms with Crippen molar-refractivity contribution in [2.75, 3.05) is 39.3 Å². The highest BCUT2D eigenvalue weighted by atomic mass is 32.2. The third-order valence-electron chi connectivity index (χ3n) is 6.68. The van der Waals surface area contributed by atoms with Crippen molar-refractivity contribution in [1.82, 2.24) is 14.1 Å². The second-order valence-corrected chi connectivity index (χ2v) is 13.2. The number of halogens is 1. The van der Waals surface area contributed by atoms with Crippen LogP contribution in [0.5, 0.6) is 0 Å². The molecule has 0 atom stereocenters. The smallest absolute Gasteiger partial charge is 0.264 e. The van der Waals surface area contributed by atoms with Gasteiger partial charge in [0.15, 0.2) is 0 Å². The summed E-state index contributed by atoms with van der Waals surface area (Å²) in [4.78, 5) is 18.1. The quantitative estimate of drug-likeness (QED) is 0.408. The van der Waals surface area contributed by atoms with Crippen molar-refractivity contribution in [3.8, 4) is 0 Å². The Kier molecular flexibility index (Phi) is 8.48. The molecule has 1 saturated heterocycles.